The van der Waals surface area contributed by atoms with E-state index in [9.17, 15) is 9.59 Å². The van der Waals surface area contributed by atoms with Crippen molar-refractivity contribution in [1.29, 1.82) is 0 Å². The second kappa shape index (κ2) is 11.9. The van der Waals surface area contributed by atoms with Crippen molar-refractivity contribution in [2.45, 2.75) is 18.4 Å². The molecular weight excluding hydrogens is 564 g/mol. The Morgan fingerprint density at radius 3 is 2.49 bits per heavy atom. The number of rotatable bonds is 8. The Hall–Kier alpha value is -4.73. The van der Waals surface area contributed by atoms with Gasteiger partial charge in [-0.2, -0.15) is 0 Å². The molecule has 0 atom stereocenters. The third-order valence-corrected chi connectivity index (χ3v) is 8.47. The van der Waals surface area contributed by atoms with Crippen molar-refractivity contribution < 1.29 is 14.3 Å². The average molecular weight is 595 g/mol. The minimum absolute atomic E-state index is 0.0977. The maximum Gasteiger partial charge on any atom is 0.253 e. The van der Waals surface area contributed by atoms with Gasteiger partial charge in [0.15, 0.2) is 0 Å². The minimum atomic E-state index is -0.568. The summed E-state index contributed by atoms with van der Waals surface area (Å²) in [7, 11) is 1.73. The van der Waals surface area contributed by atoms with Crippen LogP contribution in [-0.2, 0) is 15.1 Å². The van der Waals surface area contributed by atoms with Gasteiger partial charge >= 0.3 is 0 Å². The summed E-state index contributed by atoms with van der Waals surface area (Å²) >= 11 is 6.58. The van der Waals surface area contributed by atoms with Gasteiger partial charge < -0.3 is 25.3 Å². The molecule has 2 aromatic heterocycles. The van der Waals surface area contributed by atoms with E-state index in [0.717, 1.165) is 22.1 Å². The minimum Gasteiger partial charge on any atom is -0.373 e. The van der Waals surface area contributed by atoms with E-state index in [1.54, 1.807) is 36.4 Å². The van der Waals surface area contributed by atoms with Crippen molar-refractivity contribution in [3.05, 3.63) is 108 Å². The standard InChI is InChI=1S/C33H31ClN6O3/c1-43-33(27-11-4-2-9-24(27)25-10-3-5-12-28(25)34)14-17-39(18-15-33)32(42)22-7-6-8-23(19-22)40(20-29(35)41)31-26-13-16-36-30(26)37-21-38-31/h2-13,16,19,21H,14-15,17-18,20H2,1H3,(H2,35,41)(H,36,37,38). The zero-order valence-corrected chi connectivity index (χ0v) is 24.4. The Labute approximate surface area is 254 Å². The fraction of sp³-hybridized carbons (Fsp3) is 0.212. The Morgan fingerprint density at radius 1 is 1.00 bits per heavy atom. The van der Waals surface area contributed by atoms with Crippen molar-refractivity contribution in [2.24, 2.45) is 5.73 Å². The topological polar surface area (TPSA) is 117 Å². The molecule has 9 nitrogen and oxygen atoms in total. The van der Waals surface area contributed by atoms with Crippen LogP contribution >= 0.6 is 11.6 Å². The lowest BCUT2D eigenvalue weighted by atomic mass is 9.80. The first-order valence-corrected chi connectivity index (χ1v) is 14.4. The second-order valence-corrected chi connectivity index (χ2v) is 11.0. The molecule has 0 spiro atoms. The average Bonchev–Trinajstić information content (AvgIpc) is 3.53. The number of H-pyrrole nitrogens is 1. The van der Waals surface area contributed by atoms with Crippen LogP contribution in [0, 0.1) is 0 Å². The van der Waals surface area contributed by atoms with Gasteiger partial charge in [0.2, 0.25) is 5.91 Å². The number of anilines is 2. The molecule has 43 heavy (non-hydrogen) atoms. The normalized spacial score (nSPS) is 14.5. The number of benzene rings is 3. The molecule has 0 radical (unpaired) electrons. The number of piperidine rings is 1. The number of carbonyl (C=O) groups is 2. The molecule has 1 fully saturated rings. The van der Waals surface area contributed by atoms with Crippen LogP contribution < -0.4 is 10.6 Å². The van der Waals surface area contributed by atoms with Crippen molar-refractivity contribution >= 4 is 46.0 Å². The molecule has 6 rings (SSSR count). The van der Waals surface area contributed by atoms with Gasteiger partial charge in [0.25, 0.3) is 5.91 Å². The van der Waals surface area contributed by atoms with Crippen LogP contribution in [0.25, 0.3) is 22.2 Å². The second-order valence-electron chi connectivity index (χ2n) is 10.6. The number of aromatic nitrogens is 3. The highest BCUT2D eigenvalue weighted by molar-refractivity contribution is 6.33. The summed E-state index contributed by atoms with van der Waals surface area (Å²) in [6.45, 7) is 0.906. The number of likely N-dealkylation sites (tertiary alicyclic amines) is 1. The van der Waals surface area contributed by atoms with Crippen molar-refractivity contribution in [3.8, 4) is 11.1 Å². The number of carbonyl (C=O) groups excluding carboxylic acids is 2. The fourth-order valence-electron chi connectivity index (χ4n) is 5.96. The van der Waals surface area contributed by atoms with Crippen LogP contribution in [0.4, 0.5) is 11.5 Å². The first-order chi connectivity index (χ1) is 20.9. The monoisotopic (exact) mass is 594 g/mol. The lowest BCUT2D eigenvalue weighted by Gasteiger charge is -2.42. The van der Waals surface area contributed by atoms with Crippen LogP contribution in [0.1, 0.15) is 28.8 Å². The van der Waals surface area contributed by atoms with Gasteiger partial charge in [-0.15, -0.1) is 0 Å². The molecule has 1 aliphatic heterocycles. The van der Waals surface area contributed by atoms with Crippen molar-refractivity contribution in [1.82, 2.24) is 19.9 Å². The Balaban J connectivity index is 1.26. The summed E-state index contributed by atoms with van der Waals surface area (Å²) in [5, 5.41) is 1.42. The van der Waals surface area contributed by atoms with E-state index < -0.39 is 11.5 Å². The number of nitrogens with zero attached hydrogens (tertiary/aromatic N) is 4. The highest BCUT2D eigenvalue weighted by Crippen LogP contribution is 2.43. The Bertz CT molecular complexity index is 1800. The summed E-state index contributed by atoms with van der Waals surface area (Å²) < 4.78 is 6.22. The van der Waals surface area contributed by atoms with E-state index in [1.807, 2.05) is 53.4 Å². The smallest absolute Gasteiger partial charge is 0.253 e. The summed E-state index contributed by atoms with van der Waals surface area (Å²) in [6.07, 6.45) is 4.43. The maximum atomic E-state index is 13.8. The highest BCUT2D eigenvalue weighted by Gasteiger charge is 2.39. The molecule has 0 bridgehead atoms. The number of aromatic amines is 1. The van der Waals surface area contributed by atoms with E-state index in [-0.39, 0.29) is 12.5 Å². The Morgan fingerprint density at radius 2 is 1.74 bits per heavy atom. The first kappa shape index (κ1) is 28.4. The van der Waals surface area contributed by atoms with E-state index in [4.69, 9.17) is 22.1 Å². The SMILES string of the molecule is COC1(c2ccccc2-c2ccccc2Cl)CCN(C(=O)c2cccc(N(CC(N)=O)c3ncnc4[nH]ccc34)c2)CC1. The van der Waals surface area contributed by atoms with E-state index in [0.29, 0.717) is 53.7 Å². The summed E-state index contributed by atoms with van der Waals surface area (Å²) in [5.41, 5.74) is 9.86. The third-order valence-electron chi connectivity index (χ3n) is 8.14. The lowest BCUT2D eigenvalue weighted by Crippen LogP contribution is -2.46. The number of halogens is 1. The third kappa shape index (κ3) is 5.45. The van der Waals surface area contributed by atoms with Gasteiger partial charge in [-0.05, 0) is 54.3 Å². The van der Waals surface area contributed by atoms with Crippen molar-refractivity contribution in [3.63, 3.8) is 0 Å². The number of nitrogens with one attached hydrogen (secondary N) is 1. The van der Waals surface area contributed by atoms with Crippen LogP contribution in [0.15, 0.2) is 91.4 Å². The number of fused-ring (bicyclic) bond motifs is 1. The fourth-order valence-corrected chi connectivity index (χ4v) is 6.19. The highest BCUT2D eigenvalue weighted by atomic mass is 35.5. The predicted octanol–water partition coefficient (Wildman–Crippen LogP) is 5.68. The number of methoxy groups -OCH3 is 1. The van der Waals surface area contributed by atoms with E-state index in [2.05, 4.69) is 27.1 Å². The van der Waals surface area contributed by atoms with E-state index >= 15 is 0 Å². The molecule has 1 aliphatic rings. The van der Waals surface area contributed by atoms with Gasteiger partial charge in [-0.25, -0.2) is 9.97 Å². The number of hydrogen-bond donors (Lipinski definition) is 2. The lowest BCUT2D eigenvalue weighted by molar-refractivity contribution is -0.116. The van der Waals surface area contributed by atoms with E-state index in [1.165, 1.54) is 6.33 Å². The number of amides is 2. The molecule has 3 aromatic carbocycles. The number of ether oxygens (including phenoxy) is 1. The molecule has 5 aromatic rings. The predicted molar refractivity (Wildman–Crippen MR) is 167 cm³/mol. The molecule has 3 N–H and O–H groups in total. The largest absolute Gasteiger partial charge is 0.373 e. The van der Waals surface area contributed by atoms with Gasteiger partial charge in [0, 0.05) is 48.2 Å². The maximum absolute atomic E-state index is 13.8. The molecule has 2 amide bonds. The molecule has 10 heteroatoms. The van der Waals surface area contributed by atoms with Crippen LogP contribution in [0.2, 0.25) is 5.02 Å². The van der Waals surface area contributed by atoms with Gasteiger partial charge in [0.1, 0.15) is 24.3 Å². The van der Waals surface area contributed by atoms with Gasteiger partial charge in [0.05, 0.1) is 11.0 Å². The summed E-state index contributed by atoms with van der Waals surface area (Å²) in [6, 6.07) is 25.0. The molecule has 218 valence electrons. The zero-order chi connectivity index (χ0) is 30.0. The molecule has 1 saturated heterocycles. The van der Waals surface area contributed by atoms with Crippen LogP contribution in [0.3, 0.4) is 0 Å². The quantitative estimate of drug-likeness (QED) is 0.239. The molecule has 0 aliphatic carbocycles. The summed E-state index contributed by atoms with van der Waals surface area (Å²) in [4.78, 5) is 41.2. The Kier molecular flexibility index (Phi) is 7.84. The number of nitrogens with two attached hydrogens (primary N) is 1. The number of hydrogen-bond acceptors (Lipinski definition) is 6. The summed E-state index contributed by atoms with van der Waals surface area (Å²) in [5.74, 6) is -0.0998. The van der Waals surface area contributed by atoms with Gasteiger partial charge in [-0.3, -0.25) is 9.59 Å². The molecule has 0 saturated carbocycles. The van der Waals surface area contributed by atoms with Crippen LogP contribution in [-0.4, -0.2) is 58.4 Å². The molecule has 3 heterocycles. The number of primary amides is 1. The molecule has 0 unspecified atom stereocenters. The van der Waals surface area contributed by atoms with Crippen LogP contribution in [0.5, 0.6) is 0 Å². The van der Waals surface area contributed by atoms with Crippen molar-refractivity contribution in [2.75, 3.05) is 31.6 Å². The van der Waals surface area contributed by atoms with Gasteiger partial charge in [-0.1, -0.05) is 60.1 Å². The first-order valence-electron chi connectivity index (χ1n) is 14.0. The zero-order valence-electron chi connectivity index (χ0n) is 23.7. The molecular formula is C33H31ClN6O3.